The average Bonchev–Trinajstić information content (AvgIpc) is 2.46. The number of halogens is 1. The third-order valence-electron chi connectivity index (χ3n) is 3.14. The third-order valence-corrected chi connectivity index (χ3v) is 3.35. The average molecular weight is 271 g/mol. The van der Waals surface area contributed by atoms with Crippen LogP contribution in [0.25, 0.3) is 0 Å². The van der Waals surface area contributed by atoms with Crippen LogP contribution in [0.15, 0.2) is 12.1 Å². The number of aromatic nitrogens is 1. The predicted molar refractivity (Wildman–Crippen MR) is 67.0 cm³/mol. The Labute approximate surface area is 110 Å². The second kappa shape index (κ2) is 4.65. The van der Waals surface area contributed by atoms with E-state index in [-0.39, 0.29) is 6.54 Å². The first-order chi connectivity index (χ1) is 8.43. The molecule has 2 rings (SSSR count). The highest BCUT2D eigenvalue weighted by Gasteiger charge is 2.34. The largest absolute Gasteiger partial charge is 0.484 e. The third kappa shape index (κ3) is 2.51. The Bertz CT molecular complexity index is 480. The molecule has 0 fully saturated rings. The summed E-state index contributed by atoms with van der Waals surface area (Å²) in [7, 11) is 0. The molecule has 1 aromatic heterocycles. The van der Waals surface area contributed by atoms with Gasteiger partial charge in [-0.1, -0.05) is 18.5 Å². The lowest BCUT2D eigenvalue weighted by atomic mass is 10.0. The molecule has 6 heteroatoms. The quantitative estimate of drug-likeness (QED) is 0.797. The standard InChI is InChI=1S/C12H15ClN2O3/c1-3-12(2)7-15(11(16)17)6-8-9(18-12)4-5-10(13)14-8/h4-5H,3,6-7H2,1-2H3,(H,16,17). The van der Waals surface area contributed by atoms with Crippen molar-refractivity contribution in [1.82, 2.24) is 9.88 Å². The molecule has 1 aromatic rings. The van der Waals surface area contributed by atoms with Crippen LogP contribution in [0.5, 0.6) is 5.75 Å². The number of hydrogen-bond donors (Lipinski definition) is 1. The van der Waals surface area contributed by atoms with E-state index in [1.165, 1.54) is 4.90 Å². The Balaban J connectivity index is 2.43. The van der Waals surface area contributed by atoms with Crippen molar-refractivity contribution in [2.24, 2.45) is 0 Å². The fourth-order valence-corrected chi connectivity index (χ4v) is 2.09. The number of nitrogens with zero attached hydrogens (tertiary/aromatic N) is 2. The van der Waals surface area contributed by atoms with E-state index in [2.05, 4.69) is 4.98 Å². The molecule has 0 saturated heterocycles. The minimum Gasteiger partial charge on any atom is -0.484 e. The number of carbonyl (C=O) groups is 1. The van der Waals surface area contributed by atoms with Crippen molar-refractivity contribution in [1.29, 1.82) is 0 Å². The van der Waals surface area contributed by atoms with Crippen LogP contribution in [0, 0.1) is 0 Å². The van der Waals surface area contributed by atoms with Gasteiger partial charge < -0.3 is 9.84 Å². The number of fused-ring (bicyclic) bond motifs is 1. The molecule has 1 N–H and O–H groups in total. The topological polar surface area (TPSA) is 62.7 Å². The normalized spacial score (nSPS) is 22.9. The second-order valence-corrected chi connectivity index (χ2v) is 5.01. The molecule has 0 saturated carbocycles. The van der Waals surface area contributed by atoms with Crippen LogP contribution in [-0.4, -0.2) is 33.2 Å². The SMILES string of the molecule is CCC1(C)CN(C(=O)O)Cc2nc(Cl)ccc2O1. The first kappa shape index (κ1) is 13.0. The summed E-state index contributed by atoms with van der Waals surface area (Å²) in [5, 5.41) is 9.53. The molecule has 98 valence electrons. The minimum atomic E-state index is -0.979. The van der Waals surface area contributed by atoms with Gasteiger partial charge in [0.15, 0.2) is 0 Å². The molecule has 0 spiro atoms. The zero-order valence-electron chi connectivity index (χ0n) is 10.3. The Morgan fingerprint density at radius 3 is 3.00 bits per heavy atom. The number of rotatable bonds is 1. The zero-order valence-corrected chi connectivity index (χ0v) is 11.1. The number of ether oxygens (including phenoxy) is 1. The number of pyridine rings is 1. The molecule has 1 amide bonds. The van der Waals surface area contributed by atoms with E-state index < -0.39 is 11.7 Å². The van der Waals surface area contributed by atoms with E-state index >= 15 is 0 Å². The summed E-state index contributed by atoms with van der Waals surface area (Å²) in [6.45, 7) is 4.37. The van der Waals surface area contributed by atoms with Gasteiger partial charge in [0.2, 0.25) is 0 Å². The molecule has 0 radical (unpaired) electrons. The monoisotopic (exact) mass is 270 g/mol. The van der Waals surface area contributed by atoms with Crippen molar-refractivity contribution < 1.29 is 14.6 Å². The van der Waals surface area contributed by atoms with Gasteiger partial charge in [-0.15, -0.1) is 0 Å². The van der Waals surface area contributed by atoms with Crippen molar-refractivity contribution in [3.63, 3.8) is 0 Å². The summed E-state index contributed by atoms with van der Waals surface area (Å²) >= 11 is 5.83. The highest BCUT2D eigenvalue weighted by atomic mass is 35.5. The lowest BCUT2D eigenvalue weighted by Gasteiger charge is -2.30. The number of carboxylic acid groups (broad SMARTS) is 1. The number of hydrogen-bond acceptors (Lipinski definition) is 3. The highest BCUT2D eigenvalue weighted by molar-refractivity contribution is 6.29. The fraction of sp³-hybridized carbons (Fsp3) is 0.500. The van der Waals surface area contributed by atoms with Crippen LogP contribution in [0.3, 0.4) is 0 Å². The lowest BCUT2D eigenvalue weighted by Crippen LogP contribution is -2.44. The zero-order chi connectivity index (χ0) is 13.3. The van der Waals surface area contributed by atoms with E-state index in [9.17, 15) is 9.90 Å². The van der Waals surface area contributed by atoms with Gasteiger partial charge >= 0.3 is 6.09 Å². The molecule has 18 heavy (non-hydrogen) atoms. The maximum absolute atomic E-state index is 11.2. The van der Waals surface area contributed by atoms with Crippen LogP contribution >= 0.6 is 11.6 Å². The van der Waals surface area contributed by atoms with Crippen LogP contribution in [0.2, 0.25) is 5.15 Å². The first-order valence-electron chi connectivity index (χ1n) is 5.76. The summed E-state index contributed by atoms with van der Waals surface area (Å²) in [6.07, 6.45) is -0.272. The Hall–Kier alpha value is -1.49. The van der Waals surface area contributed by atoms with Crippen molar-refractivity contribution in [2.45, 2.75) is 32.4 Å². The minimum absolute atomic E-state index is 0.195. The summed E-state index contributed by atoms with van der Waals surface area (Å²) in [4.78, 5) is 16.7. The summed E-state index contributed by atoms with van der Waals surface area (Å²) in [5.74, 6) is 0.604. The van der Waals surface area contributed by atoms with E-state index in [0.29, 0.717) is 29.6 Å². The molecule has 5 nitrogen and oxygen atoms in total. The van der Waals surface area contributed by atoms with E-state index in [1.807, 2.05) is 13.8 Å². The molecular weight excluding hydrogens is 256 g/mol. The van der Waals surface area contributed by atoms with Crippen LogP contribution in [-0.2, 0) is 6.54 Å². The molecule has 1 aliphatic rings. The van der Waals surface area contributed by atoms with E-state index in [1.54, 1.807) is 12.1 Å². The van der Waals surface area contributed by atoms with Gasteiger partial charge in [-0.25, -0.2) is 9.78 Å². The van der Waals surface area contributed by atoms with Gasteiger partial charge in [0.1, 0.15) is 22.2 Å². The molecule has 2 heterocycles. The van der Waals surface area contributed by atoms with Crippen molar-refractivity contribution in [3.8, 4) is 5.75 Å². The van der Waals surface area contributed by atoms with Gasteiger partial charge in [-0.05, 0) is 25.5 Å². The second-order valence-electron chi connectivity index (χ2n) is 4.62. The predicted octanol–water partition coefficient (Wildman–Crippen LogP) is 2.78. The van der Waals surface area contributed by atoms with Crippen molar-refractivity contribution in [3.05, 3.63) is 23.0 Å². The van der Waals surface area contributed by atoms with Gasteiger partial charge in [-0.2, -0.15) is 0 Å². The maximum Gasteiger partial charge on any atom is 0.407 e. The molecule has 0 bridgehead atoms. The molecule has 1 atom stereocenters. The molecule has 1 aliphatic heterocycles. The summed E-state index contributed by atoms with van der Waals surface area (Å²) in [5.41, 5.74) is 0.0150. The summed E-state index contributed by atoms with van der Waals surface area (Å²) in [6, 6.07) is 3.39. The van der Waals surface area contributed by atoms with Gasteiger partial charge in [0.05, 0.1) is 13.1 Å². The summed E-state index contributed by atoms with van der Waals surface area (Å²) < 4.78 is 5.90. The van der Waals surface area contributed by atoms with Crippen molar-refractivity contribution >= 4 is 17.7 Å². The fourth-order valence-electron chi connectivity index (χ4n) is 1.93. The Kier molecular flexibility index (Phi) is 3.34. The number of amides is 1. The molecule has 1 unspecified atom stereocenters. The van der Waals surface area contributed by atoms with Crippen LogP contribution in [0.4, 0.5) is 4.79 Å². The molecule has 0 aliphatic carbocycles. The molecular formula is C12H15ClN2O3. The smallest absolute Gasteiger partial charge is 0.407 e. The van der Waals surface area contributed by atoms with Crippen LogP contribution in [0.1, 0.15) is 26.0 Å². The van der Waals surface area contributed by atoms with E-state index in [4.69, 9.17) is 16.3 Å². The van der Waals surface area contributed by atoms with Gasteiger partial charge in [0, 0.05) is 0 Å². The first-order valence-corrected chi connectivity index (χ1v) is 6.13. The highest BCUT2D eigenvalue weighted by Crippen LogP contribution is 2.31. The van der Waals surface area contributed by atoms with Crippen LogP contribution < -0.4 is 4.74 Å². The Morgan fingerprint density at radius 2 is 2.39 bits per heavy atom. The molecule has 0 aromatic carbocycles. The van der Waals surface area contributed by atoms with Crippen molar-refractivity contribution in [2.75, 3.05) is 6.54 Å². The van der Waals surface area contributed by atoms with Gasteiger partial charge in [0.25, 0.3) is 0 Å². The Morgan fingerprint density at radius 1 is 1.67 bits per heavy atom. The van der Waals surface area contributed by atoms with E-state index in [0.717, 1.165) is 0 Å². The maximum atomic E-state index is 11.2. The lowest BCUT2D eigenvalue weighted by molar-refractivity contribution is 0.0497. The van der Waals surface area contributed by atoms with Gasteiger partial charge in [-0.3, -0.25) is 4.90 Å².